The van der Waals surface area contributed by atoms with Crippen LogP contribution in [0, 0.1) is 0 Å². The van der Waals surface area contributed by atoms with E-state index in [-0.39, 0.29) is 5.56 Å². The number of primary amides is 1. The molecule has 1 amide bonds. The van der Waals surface area contributed by atoms with Crippen LogP contribution in [-0.2, 0) is 13.6 Å². The van der Waals surface area contributed by atoms with E-state index in [9.17, 15) is 9.59 Å². The van der Waals surface area contributed by atoms with Gasteiger partial charge in [-0.25, -0.2) is 4.98 Å². The van der Waals surface area contributed by atoms with Crippen LogP contribution in [0.5, 0.6) is 0 Å². The fourth-order valence-corrected chi connectivity index (χ4v) is 4.68. The minimum atomic E-state index is -0.408. The van der Waals surface area contributed by atoms with Gasteiger partial charge in [-0.2, -0.15) is 0 Å². The average Bonchev–Trinajstić information content (AvgIpc) is 3.20. The Kier molecular flexibility index (Phi) is 6.00. The molecule has 0 spiro atoms. The van der Waals surface area contributed by atoms with Crippen LogP contribution < -0.4 is 21.5 Å². The molecule has 4 heterocycles. The number of piperazine rings is 1. The highest BCUT2D eigenvalue weighted by molar-refractivity contribution is 5.93. The Hall–Kier alpha value is -4.11. The number of carbonyl (C=O) groups excluding carboxylic acids is 1. The van der Waals surface area contributed by atoms with Crippen LogP contribution in [0.15, 0.2) is 65.7 Å². The van der Waals surface area contributed by atoms with Crippen LogP contribution in [0.25, 0.3) is 16.7 Å². The zero-order valence-electron chi connectivity index (χ0n) is 19.9. The monoisotopic (exact) mass is 471 g/mol. The maximum atomic E-state index is 12.7. The molecule has 3 aromatic heterocycles. The van der Waals surface area contributed by atoms with Crippen molar-refractivity contribution in [2.45, 2.75) is 6.54 Å². The molecule has 1 aliphatic heterocycles. The average molecular weight is 472 g/mol. The van der Waals surface area contributed by atoms with Gasteiger partial charge in [0.15, 0.2) is 0 Å². The van der Waals surface area contributed by atoms with E-state index in [1.54, 1.807) is 42.2 Å². The smallest absolute Gasteiger partial charge is 0.257 e. The standard InChI is InChI=1S/C26H29N7O2/c1-28-19-8-10-33(24(34)15-19)23-7-9-29-26-22(23)16-21(30(26)2)17-31-11-13-32(14-12-31)20-5-3-18(4-6-20)25(27)35/h3-10,15-16,28H,11-14,17H2,1-2H3,(H2,27,35). The number of anilines is 2. The molecular weight excluding hydrogens is 442 g/mol. The molecular formula is C26H29N7O2. The number of aryl methyl sites for hydroxylation is 1. The van der Waals surface area contributed by atoms with Gasteiger partial charge in [-0.1, -0.05) is 0 Å². The van der Waals surface area contributed by atoms with Crippen molar-refractivity contribution in [3.63, 3.8) is 0 Å². The lowest BCUT2D eigenvalue weighted by Gasteiger charge is -2.36. The molecule has 0 bridgehead atoms. The normalized spacial score (nSPS) is 14.4. The SMILES string of the molecule is CNc1ccn(-c2ccnc3c2cc(CN2CCN(c4ccc(C(N)=O)cc4)CC2)n3C)c(=O)c1. The van der Waals surface area contributed by atoms with Gasteiger partial charge >= 0.3 is 0 Å². The molecule has 3 N–H and O–H groups in total. The fourth-order valence-electron chi connectivity index (χ4n) is 4.68. The Morgan fingerprint density at radius 3 is 2.46 bits per heavy atom. The summed E-state index contributed by atoms with van der Waals surface area (Å²) in [4.78, 5) is 33.4. The van der Waals surface area contributed by atoms with Crippen LogP contribution >= 0.6 is 0 Å². The van der Waals surface area contributed by atoms with Crippen molar-refractivity contribution >= 4 is 28.3 Å². The molecule has 9 nitrogen and oxygen atoms in total. The lowest BCUT2D eigenvalue weighted by molar-refractivity contribution is 0.100. The maximum Gasteiger partial charge on any atom is 0.257 e. The summed E-state index contributed by atoms with van der Waals surface area (Å²) in [6.45, 7) is 4.44. The van der Waals surface area contributed by atoms with Crippen LogP contribution in [0.3, 0.4) is 0 Å². The Bertz CT molecular complexity index is 1430. The summed E-state index contributed by atoms with van der Waals surface area (Å²) in [5, 5.41) is 3.96. The number of amides is 1. The zero-order valence-corrected chi connectivity index (χ0v) is 19.9. The summed E-state index contributed by atoms with van der Waals surface area (Å²) < 4.78 is 3.78. The van der Waals surface area contributed by atoms with Gasteiger partial charge in [0.2, 0.25) is 5.91 Å². The first-order valence-electron chi connectivity index (χ1n) is 11.7. The lowest BCUT2D eigenvalue weighted by atomic mass is 10.1. The number of nitrogens with one attached hydrogen (secondary N) is 1. The number of nitrogens with two attached hydrogens (primary N) is 1. The van der Waals surface area contributed by atoms with E-state index in [4.69, 9.17) is 5.73 Å². The molecule has 0 radical (unpaired) electrons. The van der Waals surface area contributed by atoms with E-state index >= 15 is 0 Å². The molecule has 0 atom stereocenters. The number of carbonyl (C=O) groups is 1. The van der Waals surface area contributed by atoms with Gasteiger partial charge in [0.05, 0.1) is 5.69 Å². The van der Waals surface area contributed by atoms with E-state index in [2.05, 4.69) is 30.7 Å². The Labute approximate surface area is 203 Å². The number of hydrogen-bond acceptors (Lipinski definition) is 6. The van der Waals surface area contributed by atoms with Crippen molar-refractivity contribution in [2.75, 3.05) is 43.4 Å². The van der Waals surface area contributed by atoms with Crippen LogP contribution in [0.1, 0.15) is 16.1 Å². The number of rotatable bonds is 6. The lowest BCUT2D eigenvalue weighted by Crippen LogP contribution is -2.46. The predicted molar refractivity (Wildman–Crippen MR) is 138 cm³/mol. The molecule has 0 aliphatic carbocycles. The topological polar surface area (TPSA) is 101 Å². The quantitative estimate of drug-likeness (QED) is 0.447. The van der Waals surface area contributed by atoms with E-state index in [0.29, 0.717) is 5.56 Å². The fraction of sp³-hybridized carbons (Fsp3) is 0.269. The molecule has 5 rings (SSSR count). The third-order valence-corrected chi connectivity index (χ3v) is 6.75. The molecule has 35 heavy (non-hydrogen) atoms. The number of pyridine rings is 2. The third-order valence-electron chi connectivity index (χ3n) is 6.75. The van der Waals surface area contributed by atoms with Crippen molar-refractivity contribution in [3.05, 3.63) is 82.5 Å². The van der Waals surface area contributed by atoms with Gasteiger partial charge in [-0.05, 0) is 42.5 Å². The Morgan fingerprint density at radius 2 is 1.80 bits per heavy atom. The summed E-state index contributed by atoms with van der Waals surface area (Å²) in [6.07, 6.45) is 3.55. The second-order valence-corrected chi connectivity index (χ2v) is 8.81. The van der Waals surface area contributed by atoms with Gasteiger partial charge in [-0.3, -0.25) is 19.1 Å². The molecule has 1 fully saturated rings. The number of aromatic nitrogens is 3. The summed E-state index contributed by atoms with van der Waals surface area (Å²) in [7, 11) is 3.82. The minimum absolute atomic E-state index is 0.0882. The minimum Gasteiger partial charge on any atom is -0.388 e. The molecule has 9 heteroatoms. The largest absolute Gasteiger partial charge is 0.388 e. The third kappa shape index (κ3) is 4.38. The first kappa shape index (κ1) is 22.7. The first-order chi connectivity index (χ1) is 16.9. The van der Waals surface area contributed by atoms with Crippen molar-refractivity contribution in [3.8, 4) is 5.69 Å². The summed E-state index contributed by atoms with van der Waals surface area (Å²) >= 11 is 0. The molecule has 4 aromatic rings. The second-order valence-electron chi connectivity index (χ2n) is 8.81. The number of hydrogen-bond donors (Lipinski definition) is 2. The Morgan fingerprint density at radius 1 is 1.06 bits per heavy atom. The predicted octanol–water partition coefficient (Wildman–Crippen LogP) is 2.19. The zero-order chi connectivity index (χ0) is 24.5. The molecule has 1 aromatic carbocycles. The Balaban J connectivity index is 1.33. The summed E-state index contributed by atoms with van der Waals surface area (Å²) in [5.74, 6) is -0.408. The second kappa shape index (κ2) is 9.27. The molecule has 0 saturated carbocycles. The number of nitrogens with zero attached hydrogens (tertiary/aromatic N) is 5. The number of benzene rings is 1. The van der Waals surface area contributed by atoms with E-state index in [1.807, 2.05) is 31.3 Å². The van der Waals surface area contributed by atoms with Crippen LogP contribution in [-0.4, -0.2) is 58.2 Å². The summed E-state index contributed by atoms with van der Waals surface area (Å²) in [6, 6.07) is 15.0. The first-order valence-corrected chi connectivity index (χ1v) is 11.7. The highest BCUT2D eigenvalue weighted by atomic mass is 16.1. The van der Waals surface area contributed by atoms with E-state index in [1.165, 1.54) is 0 Å². The van der Waals surface area contributed by atoms with Crippen molar-refractivity contribution in [1.29, 1.82) is 0 Å². The van der Waals surface area contributed by atoms with Crippen molar-refractivity contribution < 1.29 is 4.79 Å². The molecule has 0 unspecified atom stereocenters. The molecule has 1 saturated heterocycles. The summed E-state index contributed by atoms with van der Waals surface area (Å²) in [5.41, 5.74) is 10.5. The van der Waals surface area contributed by atoms with E-state index < -0.39 is 5.91 Å². The van der Waals surface area contributed by atoms with Gasteiger partial charge in [0.1, 0.15) is 5.65 Å². The maximum absolute atomic E-state index is 12.7. The van der Waals surface area contributed by atoms with Crippen LogP contribution in [0.4, 0.5) is 11.4 Å². The highest BCUT2D eigenvalue weighted by Gasteiger charge is 2.20. The van der Waals surface area contributed by atoms with Crippen molar-refractivity contribution in [2.24, 2.45) is 12.8 Å². The van der Waals surface area contributed by atoms with Gasteiger partial charge in [-0.15, -0.1) is 0 Å². The highest BCUT2D eigenvalue weighted by Crippen LogP contribution is 2.25. The van der Waals surface area contributed by atoms with Gasteiger partial charge in [0.25, 0.3) is 5.56 Å². The van der Waals surface area contributed by atoms with Crippen LogP contribution in [0.2, 0.25) is 0 Å². The molecule has 180 valence electrons. The van der Waals surface area contributed by atoms with Gasteiger partial charge < -0.3 is 20.5 Å². The van der Waals surface area contributed by atoms with Gasteiger partial charge in [0, 0.05) is 93.3 Å². The molecule has 1 aliphatic rings. The van der Waals surface area contributed by atoms with E-state index in [0.717, 1.165) is 66.5 Å². The van der Waals surface area contributed by atoms with Crippen molar-refractivity contribution in [1.82, 2.24) is 19.0 Å². The number of fused-ring (bicyclic) bond motifs is 1.